The maximum atomic E-state index is 13.4. The van der Waals surface area contributed by atoms with Crippen molar-refractivity contribution in [1.29, 1.82) is 0 Å². The number of nitrogens with one attached hydrogen (secondary N) is 1. The van der Waals surface area contributed by atoms with Crippen molar-refractivity contribution in [2.45, 2.75) is 75.7 Å². The minimum Gasteiger partial charge on any atom is -0.387 e. The number of methoxy groups -OCH3 is 1. The van der Waals surface area contributed by atoms with Crippen molar-refractivity contribution < 1.29 is 14.2 Å². The van der Waals surface area contributed by atoms with Crippen LogP contribution in [0.5, 0.6) is 0 Å². The van der Waals surface area contributed by atoms with E-state index in [0.717, 1.165) is 38.0 Å². The van der Waals surface area contributed by atoms with E-state index in [1.165, 1.54) is 25.0 Å². The summed E-state index contributed by atoms with van der Waals surface area (Å²) in [5, 5.41) is 14.3. The predicted molar refractivity (Wildman–Crippen MR) is 101 cm³/mol. The van der Waals surface area contributed by atoms with Crippen molar-refractivity contribution >= 4 is 12.4 Å². The van der Waals surface area contributed by atoms with Crippen molar-refractivity contribution in [3.05, 3.63) is 35.6 Å². The molecule has 1 aromatic rings. The lowest BCUT2D eigenvalue weighted by atomic mass is 9.78. The summed E-state index contributed by atoms with van der Waals surface area (Å²) in [4.78, 5) is 0. The molecule has 1 saturated heterocycles. The third-order valence-corrected chi connectivity index (χ3v) is 5.98. The molecule has 2 aliphatic rings. The third kappa shape index (κ3) is 5.16. The molecule has 3 nitrogen and oxygen atoms in total. The number of benzene rings is 1. The van der Waals surface area contributed by atoms with Crippen LogP contribution in [0.15, 0.2) is 24.3 Å². The quantitative estimate of drug-likeness (QED) is 0.806. The van der Waals surface area contributed by atoms with E-state index in [1.807, 2.05) is 7.11 Å². The van der Waals surface area contributed by atoms with Crippen molar-refractivity contribution in [3.8, 4) is 0 Å². The summed E-state index contributed by atoms with van der Waals surface area (Å²) in [6.07, 6.45) is 7.71. The Labute approximate surface area is 156 Å². The summed E-state index contributed by atoms with van der Waals surface area (Å²) in [6.45, 7) is 2.27. The van der Waals surface area contributed by atoms with Crippen molar-refractivity contribution in [2.24, 2.45) is 5.92 Å². The normalized spacial score (nSPS) is 33.7. The van der Waals surface area contributed by atoms with Gasteiger partial charge in [0, 0.05) is 18.7 Å². The number of rotatable bonds is 5. The van der Waals surface area contributed by atoms with E-state index >= 15 is 0 Å². The van der Waals surface area contributed by atoms with Crippen LogP contribution in [0.25, 0.3) is 0 Å². The summed E-state index contributed by atoms with van der Waals surface area (Å²) in [5.41, 5.74) is 0.737. The number of aliphatic hydroxyl groups is 1. The molecule has 0 bridgehead atoms. The van der Waals surface area contributed by atoms with Gasteiger partial charge in [0.2, 0.25) is 0 Å². The van der Waals surface area contributed by atoms with Crippen molar-refractivity contribution in [1.82, 2.24) is 5.32 Å². The zero-order chi connectivity index (χ0) is 17.2. The average Bonchev–Trinajstić information content (AvgIpc) is 2.97. The Morgan fingerprint density at radius 2 is 2.00 bits per heavy atom. The van der Waals surface area contributed by atoms with E-state index in [1.54, 1.807) is 12.1 Å². The van der Waals surface area contributed by atoms with Gasteiger partial charge in [-0.3, -0.25) is 0 Å². The first kappa shape index (κ1) is 20.6. The van der Waals surface area contributed by atoms with E-state index in [0.29, 0.717) is 11.7 Å². The maximum Gasteiger partial charge on any atom is 0.123 e. The van der Waals surface area contributed by atoms with E-state index in [4.69, 9.17) is 4.74 Å². The third-order valence-electron chi connectivity index (χ3n) is 5.98. The Bertz CT molecular complexity index is 550. The van der Waals surface area contributed by atoms with E-state index in [2.05, 4.69) is 12.2 Å². The number of hydrogen-bond acceptors (Lipinski definition) is 3. The molecule has 0 radical (unpaired) electrons. The second-order valence-electron chi connectivity index (χ2n) is 7.93. The maximum absolute atomic E-state index is 13.4. The lowest BCUT2D eigenvalue weighted by molar-refractivity contribution is 0.0504. The summed E-state index contributed by atoms with van der Waals surface area (Å²) < 4.78 is 18.9. The number of hydrogen-bond donors (Lipinski definition) is 2. The Morgan fingerprint density at radius 3 is 2.64 bits per heavy atom. The van der Waals surface area contributed by atoms with Crippen LogP contribution in [-0.2, 0) is 4.74 Å². The Balaban J connectivity index is 0.00000225. The highest BCUT2D eigenvalue weighted by molar-refractivity contribution is 5.85. The lowest BCUT2D eigenvalue weighted by Gasteiger charge is -2.35. The standard InChI is InChI=1S/C20H30FNO2.ClH/c1-20(13-14-6-8-17(24-2)9-7-14)11-10-18(22-20)19(23)15-4-3-5-16(21)12-15;/h3-5,12,14,17-19,22-23H,6-11,13H2,1-2H3;1H/t14?,17?,18-,19-,20-;/m1./s1. The molecule has 1 saturated carbocycles. The SMILES string of the molecule is COC1CCC(C[C@@]2(C)CC[C@H]([C@H](O)c3cccc(F)c3)N2)CC1.Cl. The molecule has 0 spiro atoms. The first-order chi connectivity index (χ1) is 11.5. The van der Waals surface area contributed by atoms with Gasteiger partial charge in [-0.25, -0.2) is 4.39 Å². The first-order valence-corrected chi connectivity index (χ1v) is 9.23. The van der Waals surface area contributed by atoms with Crippen molar-refractivity contribution in [2.75, 3.05) is 7.11 Å². The van der Waals surface area contributed by atoms with E-state index < -0.39 is 6.10 Å². The molecular weight excluding hydrogens is 341 g/mol. The van der Waals surface area contributed by atoms with Gasteiger partial charge in [-0.1, -0.05) is 12.1 Å². The molecule has 0 amide bonds. The van der Waals surface area contributed by atoms with Gasteiger partial charge in [-0.2, -0.15) is 0 Å². The molecule has 1 aliphatic carbocycles. The molecular formula is C20H31ClFNO2. The van der Waals surface area contributed by atoms with Crippen molar-refractivity contribution in [3.63, 3.8) is 0 Å². The van der Waals surface area contributed by atoms with Gasteiger partial charge >= 0.3 is 0 Å². The van der Waals surface area contributed by atoms with Crippen LogP contribution in [0.1, 0.15) is 63.5 Å². The molecule has 1 aromatic carbocycles. The lowest BCUT2D eigenvalue weighted by Crippen LogP contribution is -2.44. The minimum absolute atomic E-state index is 0. The average molecular weight is 372 g/mol. The summed E-state index contributed by atoms with van der Waals surface area (Å²) >= 11 is 0. The molecule has 1 heterocycles. The topological polar surface area (TPSA) is 41.5 Å². The second kappa shape index (κ2) is 8.81. The largest absolute Gasteiger partial charge is 0.387 e. The van der Waals surface area contributed by atoms with E-state index in [-0.39, 0.29) is 29.8 Å². The summed E-state index contributed by atoms with van der Waals surface area (Å²) in [5.74, 6) is 0.446. The smallest absolute Gasteiger partial charge is 0.123 e. The first-order valence-electron chi connectivity index (χ1n) is 9.23. The highest BCUT2D eigenvalue weighted by atomic mass is 35.5. The summed E-state index contributed by atoms with van der Waals surface area (Å²) in [7, 11) is 1.81. The highest BCUT2D eigenvalue weighted by Gasteiger charge is 2.39. The van der Waals surface area contributed by atoms with Gasteiger partial charge in [0.15, 0.2) is 0 Å². The molecule has 0 unspecified atom stereocenters. The predicted octanol–water partition coefficient (Wildman–Crippen LogP) is 4.39. The monoisotopic (exact) mass is 371 g/mol. The molecule has 142 valence electrons. The highest BCUT2D eigenvalue weighted by Crippen LogP contribution is 2.38. The van der Waals surface area contributed by atoms with Gasteiger partial charge in [-0.05, 0) is 75.5 Å². The van der Waals surface area contributed by atoms with Crippen LogP contribution in [0.3, 0.4) is 0 Å². The Morgan fingerprint density at radius 1 is 1.28 bits per heavy atom. The summed E-state index contributed by atoms with van der Waals surface area (Å²) in [6, 6.07) is 6.33. The van der Waals surface area contributed by atoms with Crippen LogP contribution < -0.4 is 5.32 Å². The molecule has 3 atom stereocenters. The molecule has 3 rings (SSSR count). The van der Waals surface area contributed by atoms with Crippen LogP contribution in [0.4, 0.5) is 4.39 Å². The molecule has 1 aliphatic heterocycles. The molecule has 25 heavy (non-hydrogen) atoms. The Hall–Kier alpha value is -0.680. The molecule has 2 N–H and O–H groups in total. The zero-order valence-corrected chi connectivity index (χ0v) is 16.0. The molecule has 0 aromatic heterocycles. The van der Waals surface area contributed by atoms with Gasteiger partial charge in [0.25, 0.3) is 0 Å². The van der Waals surface area contributed by atoms with Gasteiger partial charge < -0.3 is 15.2 Å². The van der Waals surface area contributed by atoms with Gasteiger partial charge in [-0.15, -0.1) is 12.4 Å². The van der Waals surface area contributed by atoms with Gasteiger partial charge in [0.05, 0.1) is 12.2 Å². The Kier molecular flexibility index (Phi) is 7.27. The minimum atomic E-state index is -0.647. The van der Waals surface area contributed by atoms with Crippen LogP contribution in [-0.4, -0.2) is 29.9 Å². The number of aliphatic hydroxyl groups excluding tert-OH is 1. The molecule has 2 fully saturated rings. The van der Waals surface area contributed by atoms with Crippen LogP contribution in [0, 0.1) is 11.7 Å². The fourth-order valence-electron chi connectivity index (χ4n) is 4.60. The fraction of sp³-hybridized carbons (Fsp3) is 0.700. The van der Waals surface area contributed by atoms with E-state index in [9.17, 15) is 9.50 Å². The molecule has 5 heteroatoms. The number of halogens is 2. The van der Waals surface area contributed by atoms with Crippen LogP contribution in [0.2, 0.25) is 0 Å². The fourth-order valence-corrected chi connectivity index (χ4v) is 4.60. The van der Waals surface area contributed by atoms with Crippen LogP contribution >= 0.6 is 12.4 Å². The zero-order valence-electron chi connectivity index (χ0n) is 15.2. The second-order valence-corrected chi connectivity index (χ2v) is 7.93. The van der Waals surface area contributed by atoms with Gasteiger partial charge in [0.1, 0.15) is 5.82 Å². The number of ether oxygens (including phenoxy) is 1.